The first kappa shape index (κ1) is 13.2. The average Bonchev–Trinajstić information content (AvgIpc) is 2.82. The second kappa shape index (κ2) is 5.29. The molecule has 0 saturated heterocycles. The van der Waals surface area contributed by atoms with Crippen molar-refractivity contribution in [2.24, 2.45) is 0 Å². The molecule has 1 aliphatic carbocycles. The molecule has 0 bridgehead atoms. The number of carbonyl (C=O) groups excluding carboxylic acids is 1. The Balaban J connectivity index is 2.04. The lowest BCUT2D eigenvalue weighted by Crippen LogP contribution is -2.09. The number of nitrogen functional groups attached to an aromatic ring is 1. The molecule has 3 rings (SSSR count). The fraction of sp³-hybridized carbons (Fsp3) is 0.312. The molecule has 1 aliphatic rings. The molecular weight excluding hydrogens is 270 g/mol. The summed E-state index contributed by atoms with van der Waals surface area (Å²) in [7, 11) is 1.60. The second-order valence-electron chi connectivity index (χ2n) is 5.01. The summed E-state index contributed by atoms with van der Waals surface area (Å²) in [5.41, 5.74) is 8.63. The van der Waals surface area contributed by atoms with Crippen LogP contribution in [0.2, 0.25) is 0 Å². The summed E-state index contributed by atoms with van der Waals surface area (Å²) in [4.78, 5) is 14.0. The predicted molar refractivity (Wildman–Crippen MR) is 81.8 cm³/mol. The molecule has 0 spiro atoms. The lowest BCUT2D eigenvalue weighted by Gasteiger charge is -2.12. The van der Waals surface area contributed by atoms with Gasteiger partial charge in [-0.1, -0.05) is 12.1 Å². The Morgan fingerprint density at radius 3 is 2.90 bits per heavy atom. The van der Waals surface area contributed by atoms with Crippen LogP contribution < -0.4 is 10.5 Å². The molecule has 1 heterocycles. The number of anilines is 1. The normalized spacial score (nSPS) is 13.8. The maximum Gasteiger partial charge on any atom is 0.196 e. The van der Waals surface area contributed by atoms with Crippen LogP contribution >= 0.6 is 11.3 Å². The van der Waals surface area contributed by atoms with Crippen molar-refractivity contribution in [1.29, 1.82) is 0 Å². The van der Waals surface area contributed by atoms with Crippen molar-refractivity contribution >= 4 is 22.1 Å². The number of benzene rings is 1. The van der Waals surface area contributed by atoms with E-state index in [4.69, 9.17) is 10.5 Å². The fourth-order valence-electron chi connectivity index (χ4n) is 2.74. The van der Waals surface area contributed by atoms with E-state index in [1.54, 1.807) is 24.5 Å². The van der Waals surface area contributed by atoms with E-state index in [2.05, 4.69) is 0 Å². The third kappa shape index (κ3) is 2.20. The minimum absolute atomic E-state index is 0.0146. The maximum absolute atomic E-state index is 12.7. The highest BCUT2D eigenvalue weighted by molar-refractivity contribution is 7.16. The highest BCUT2D eigenvalue weighted by Gasteiger charge is 2.24. The number of thiophene rings is 1. The molecule has 0 radical (unpaired) electrons. The van der Waals surface area contributed by atoms with Gasteiger partial charge in [0.2, 0.25) is 0 Å². The highest BCUT2D eigenvalue weighted by Crippen LogP contribution is 2.37. The van der Waals surface area contributed by atoms with Gasteiger partial charge < -0.3 is 10.5 Å². The van der Waals surface area contributed by atoms with Gasteiger partial charge in [0.15, 0.2) is 5.78 Å². The van der Waals surface area contributed by atoms with Crippen molar-refractivity contribution in [3.8, 4) is 5.75 Å². The number of aryl methyl sites for hydroxylation is 1. The van der Waals surface area contributed by atoms with Gasteiger partial charge in [0.25, 0.3) is 0 Å². The van der Waals surface area contributed by atoms with Gasteiger partial charge in [-0.25, -0.2) is 0 Å². The summed E-state index contributed by atoms with van der Waals surface area (Å²) < 4.78 is 5.18. The smallest absolute Gasteiger partial charge is 0.196 e. The number of hydrogen-bond donors (Lipinski definition) is 1. The van der Waals surface area contributed by atoms with E-state index in [-0.39, 0.29) is 5.78 Å². The molecule has 2 N–H and O–H groups in total. The molecule has 2 aromatic rings. The van der Waals surface area contributed by atoms with E-state index in [0.717, 1.165) is 24.8 Å². The molecule has 1 aromatic carbocycles. The van der Waals surface area contributed by atoms with Crippen LogP contribution in [0.1, 0.15) is 39.2 Å². The van der Waals surface area contributed by atoms with E-state index in [0.29, 0.717) is 16.3 Å². The van der Waals surface area contributed by atoms with Crippen LogP contribution in [0.3, 0.4) is 0 Å². The first-order valence-electron chi connectivity index (χ1n) is 6.79. The molecule has 0 amide bonds. The summed E-state index contributed by atoms with van der Waals surface area (Å²) in [6, 6.07) is 7.26. The third-order valence-electron chi connectivity index (χ3n) is 3.76. The van der Waals surface area contributed by atoms with Crippen molar-refractivity contribution in [3.63, 3.8) is 0 Å². The number of rotatable bonds is 3. The molecular formula is C16H17NO2S. The van der Waals surface area contributed by atoms with Crippen LogP contribution in [0.25, 0.3) is 0 Å². The molecule has 0 aliphatic heterocycles. The zero-order valence-electron chi connectivity index (χ0n) is 11.4. The van der Waals surface area contributed by atoms with Gasteiger partial charge in [-0.3, -0.25) is 4.79 Å². The number of carbonyl (C=O) groups is 1. The fourth-order valence-corrected chi connectivity index (χ4v) is 3.90. The van der Waals surface area contributed by atoms with Crippen LogP contribution in [0.4, 0.5) is 5.00 Å². The molecule has 0 unspecified atom stereocenters. The van der Waals surface area contributed by atoms with Crippen molar-refractivity contribution < 1.29 is 9.53 Å². The van der Waals surface area contributed by atoms with Gasteiger partial charge >= 0.3 is 0 Å². The van der Waals surface area contributed by atoms with Crippen molar-refractivity contribution in [1.82, 2.24) is 0 Å². The Morgan fingerprint density at radius 1 is 1.30 bits per heavy atom. The van der Waals surface area contributed by atoms with Crippen LogP contribution in [0, 0.1) is 0 Å². The summed E-state index contributed by atoms with van der Waals surface area (Å²) in [5, 5.41) is 0.657. The van der Waals surface area contributed by atoms with E-state index >= 15 is 0 Å². The van der Waals surface area contributed by atoms with Gasteiger partial charge in [0.1, 0.15) is 5.75 Å². The minimum atomic E-state index is 0.0146. The Morgan fingerprint density at radius 2 is 2.10 bits per heavy atom. The first-order valence-corrected chi connectivity index (χ1v) is 7.61. The van der Waals surface area contributed by atoms with Crippen LogP contribution in [-0.4, -0.2) is 12.9 Å². The van der Waals surface area contributed by atoms with Crippen LogP contribution in [-0.2, 0) is 12.8 Å². The number of fused-ring (bicyclic) bond motifs is 1. The van der Waals surface area contributed by atoms with E-state index < -0.39 is 0 Å². The summed E-state index contributed by atoms with van der Waals surface area (Å²) >= 11 is 1.58. The molecule has 3 nitrogen and oxygen atoms in total. The van der Waals surface area contributed by atoms with Gasteiger partial charge in [-0.2, -0.15) is 0 Å². The number of ketones is 1. The lowest BCUT2D eigenvalue weighted by atomic mass is 9.92. The summed E-state index contributed by atoms with van der Waals surface area (Å²) in [5.74, 6) is 0.708. The lowest BCUT2D eigenvalue weighted by molar-refractivity contribution is 0.103. The third-order valence-corrected chi connectivity index (χ3v) is 4.88. The van der Waals surface area contributed by atoms with Crippen LogP contribution in [0.15, 0.2) is 24.3 Å². The first-order chi connectivity index (χ1) is 9.70. The molecule has 0 fully saturated rings. The number of methoxy groups -OCH3 is 1. The molecule has 1 aromatic heterocycles. The summed E-state index contributed by atoms with van der Waals surface area (Å²) in [6.45, 7) is 0. The zero-order valence-corrected chi connectivity index (χ0v) is 12.3. The second-order valence-corrected chi connectivity index (χ2v) is 6.15. The van der Waals surface area contributed by atoms with Crippen molar-refractivity contribution in [2.45, 2.75) is 25.7 Å². The number of nitrogens with two attached hydrogens (primary N) is 1. The van der Waals surface area contributed by atoms with Gasteiger partial charge in [-0.15, -0.1) is 11.3 Å². The Hall–Kier alpha value is -1.81. The predicted octanol–water partition coefficient (Wildman–Crippen LogP) is 3.45. The van der Waals surface area contributed by atoms with Gasteiger partial charge in [0.05, 0.1) is 17.7 Å². The zero-order chi connectivity index (χ0) is 14.1. The molecule has 104 valence electrons. The minimum Gasteiger partial charge on any atom is -0.497 e. The molecule has 4 heteroatoms. The van der Waals surface area contributed by atoms with Crippen molar-refractivity contribution in [2.75, 3.05) is 12.8 Å². The molecule has 0 atom stereocenters. The Kier molecular flexibility index (Phi) is 3.49. The SMILES string of the molecule is COc1cccc(C(=O)c2c(N)sc3c2CCCC3)c1. The number of ether oxygens (including phenoxy) is 1. The largest absolute Gasteiger partial charge is 0.497 e. The van der Waals surface area contributed by atoms with E-state index in [9.17, 15) is 4.79 Å². The average molecular weight is 287 g/mol. The summed E-state index contributed by atoms with van der Waals surface area (Å²) in [6.07, 6.45) is 4.35. The van der Waals surface area contributed by atoms with Gasteiger partial charge in [-0.05, 0) is 43.4 Å². The van der Waals surface area contributed by atoms with E-state index in [1.807, 2.05) is 18.2 Å². The van der Waals surface area contributed by atoms with Gasteiger partial charge in [0, 0.05) is 10.4 Å². The maximum atomic E-state index is 12.7. The van der Waals surface area contributed by atoms with Crippen LogP contribution in [0.5, 0.6) is 5.75 Å². The van der Waals surface area contributed by atoms with Crippen molar-refractivity contribution in [3.05, 3.63) is 45.8 Å². The monoisotopic (exact) mass is 287 g/mol. The number of hydrogen-bond acceptors (Lipinski definition) is 4. The highest BCUT2D eigenvalue weighted by atomic mass is 32.1. The topological polar surface area (TPSA) is 52.3 Å². The Bertz CT molecular complexity index is 660. The molecule has 0 saturated carbocycles. The standard InChI is InChI=1S/C16H17NO2S/c1-19-11-6-4-5-10(9-11)15(18)14-12-7-2-3-8-13(12)20-16(14)17/h4-6,9H,2-3,7-8,17H2,1H3. The molecule has 20 heavy (non-hydrogen) atoms. The van der Waals surface area contributed by atoms with E-state index in [1.165, 1.54) is 16.9 Å². The Labute approximate surface area is 122 Å². The quantitative estimate of drug-likeness (QED) is 0.880.